The largest absolute Gasteiger partial charge is 0.394 e. The molecule has 2 unspecified atom stereocenters. The summed E-state index contributed by atoms with van der Waals surface area (Å²) >= 11 is 5.82. The molecule has 0 aromatic heterocycles. The van der Waals surface area contributed by atoms with Gasteiger partial charge < -0.3 is 10.4 Å². The minimum absolute atomic E-state index is 0.109. The average molecular weight is 300 g/mol. The molecule has 2 atom stereocenters. The van der Waals surface area contributed by atoms with E-state index in [2.05, 4.69) is 12.2 Å². The first kappa shape index (κ1) is 15.3. The van der Waals surface area contributed by atoms with E-state index >= 15 is 0 Å². The van der Waals surface area contributed by atoms with Crippen molar-refractivity contribution >= 4 is 17.5 Å². The Labute approximate surface area is 123 Å². The van der Waals surface area contributed by atoms with Crippen LogP contribution in [0, 0.1) is 11.7 Å². The maximum absolute atomic E-state index is 13.4. The van der Waals surface area contributed by atoms with Crippen LogP contribution in [-0.4, -0.2) is 23.2 Å². The lowest BCUT2D eigenvalue weighted by molar-refractivity contribution is 0.0697. The van der Waals surface area contributed by atoms with Crippen LogP contribution in [0.2, 0.25) is 5.02 Å². The van der Waals surface area contributed by atoms with Gasteiger partial charge in [0.1, 0.15) is 5.82 Å². The lowest BCUT2D eigenvalue weighted by Crippen LogP contribution is -2.53. The first-order valence-electron chi connectivity index (χ1n) is 6.85. The second-order valence-corrected chi connectivity index (χ2v) is 6.07. The van der Waals surface area contributed by atoms with Gasteiger partial charge in [0.25, 0.3) is 5.91 Å². The molecule has 1 aromatic rings. The molecule has 1 amide bonds. The maximum Gasteiger partial charge on any atom is 0.253 e. The first-order chi connectivity index (χ1) is 9.47. The van der Waals surface area contributed by atoms with E-state index in [4.69, 9.17) is 11.6 Å². The van der Waals surface area contributed by atoms with Crippen molar-refractivity contribution in [3.8, 4) is 0 Å². The highest BCUT2D eigenvalue weighted by Crippen LogP contribution is 2.32. The third-order valence-corrected chi connectivity index (χ3v) is 4.35. The van der Waals surface area contributed by atoms with Crippen molar-refractivity contribution < 1.29 is 14.3 Å². The summed E-state index contributed by atoms with van der Waals surface area (Å²) in [6, 6.07) is 4.15. The number of aliphatic hydroxyl groups is 1. The van der Waals surface area contributed by atoms with Crippen LogP contribution in [0.5, 0.6) is 0 Å². The topological polar surface area (TPSA) is 49.3 Å². The third-order valence-electron chi connectivity index (χ3n) is 3.97. The Hall–Kier alpha value is -1.13. The molecule has 1 aromatic carbocycles. The summed E-state index contributed by atoms with van der Waals surface area (Å²) in [5, 5.41) is 12.3. The van der Waals surface area contributed by atoms with E-state index in [-0.39, 0.29) is 17.2 Å². The van der Waals surface area contributed by atoms with Crippen LogP contribution in [0.1, 0.15) is 43.0 Å². The molecule has 2 rings (SSSR count). The van der Waals surface area contributed by atoms with Gasteiger partial charge in [-0.3, -0.25) is 4.79 Å². The molecule has 1 aliphatic carbocycles. The van der Waals surface area contributed by atoms with Crippen LogP contribution in [0.3, 0.4) is 0 Å². The van der Waals surface area contributed by atoms with Gasteiger partial charge in [-0.05, 0) is 30.9 Å². The Balaban J connectivity index is 2.19. The Kier molecular flexibility index (Phi) is 4.66. The predicted molar refractivity (Wildman–Crippen MR) is 76.3 cm³/mol. The summed E-state index contributed by atoms with van der Waals surface area (Å²) in [5.74, 6) is -0.605. The lowest BCUT2D eigenvalue weighted by Gasteiger charge is -2.39. The van der Waals surface area contributed by atoms with Crippen molar-refractivity contribution in [3.63, 3.8) is 0 Å². The van der Waals surface area contributed by atoms with Crippen LogP contribution in [-0.2, 0) is 0 Å². The van der Waals surface area contributed by atoms with Crippen LogP contribution in [0.15, 0.2) is 18.2 Å². The summed E-state index contributed by atoms with van der Waals surface area (Å²) in [4.78, 5) is 12.3. The van der Waals surface area contributed by atoms with Gasteiger partial charge in [0.15, 0.2) is 0 Å². The standard InChI is InChI=1S/C15H19ClFNO2/c1-10-4-3-7-15(8-10,9-19)18-14(20)11-5-2-6-12(17)13(11)16/h2,5-6,10,19H,3-4,7-9H2,1H3,(H,18,20). The highest BCUT2D eigenvalue weighted by molar-refractivity contribution is 6.34. The van der Waals surface area contributed by atoms with Crippen LogP contribution in [0.25, 0.3) is 0 Å². The summed E-state index contributed by atoms with van der Waals surface area (Å²) in [5.41, 5.74) is -0.512. The van der Waals surface area contributed by atoms with Crippen molar-refractivity contribution in [1.82, 2.24) is 5.32 Å². The van der Waals surface area contributed by atoms with Crippen LogP contribution < -0.4 is 5.32 Å². The van der Waals surface area contributed by atoms with Gasteiger partial charge in [0, 0.05) is 0 Å². The fraction of sp³-hybridized carbons (Fsp3) is 0.533. The molecule has 0 bridgehead atoms. The molecule has 1 aliphatic rings. The quantitative estimate of drug-likeness (QED) is 0.901. The molecular formula is C15H19ClFNO2. The molecule has 5 heteroatoms. The van der Waals surface area contributed by atoms with E-state index in [9.17, 15) is 14.3 Å². The second-order valence-electron chi connectivity index (χ2n) is 5.70. The number of benzene rings is 1. The molecule has 1 fully saturated rings. The van der Waals surface area contributed by atoms with Crippen LogP contribution in [0.4, 0.5) is 4.39 Å². The number of rotatable bonds is 3. The maximum atomic E-state index is 13.4. The zero-order valence-electron chi connectivity index (χ0n) is 11.5. The van der Waals surface area contributed by atoms with E-state index in [1.165, 1.54) is 18.2 Å². The fourth-order valence-electron chi connectivity index (χ4n) is 2.94. The monoisotopic (exact) mass is 299 g/mol. The zero-order valence-corrected chi connectivity index (χ0v) is 12.2. The molecule has 0 heterocycles. The van der Waals surface area contributed by atoms with Crippen molar-refractivity contribution in [2.75, 3.05) is 6.61 Å². The Bertz CT molecular complexity index is 509. The first-order valence-corrected chi connectivity index (χ1v) is 7.22. The minimum Gasteiger partial charge on any atom is -0.394 e. The molecule has 0 radical (unpaired) electrons. The number of amides is 1. The number of carbonyl (C=O) groups is 1. The molecular weight excluding hydrogens is 281 g/mol. The number of carbonyl (C=O) groups excluding carboxylic acids is 1. The summed E-state index contributed by atoms with van der Waals surface area (Å²) in [6.45, 7) is 1.99. The van der Waals surface area contributed by atoms with E-state index < -0.39 is 17.3 Å². The number of nitrogens with one attached hydrogen (secondary N) is 1. The molecule has 2 N–H and O–H groups in total. The highest BCUT2D eigenvalue weighted by Gasteiger charge is 2.36. The van der Waals surface area contributed by atoms with Crippen molar-refractivity contribution in [2.24, 2.45) is 5.92 Å². The molecule has 0 aliphatic heterocycles. The highest BCUT2D eigenvalue weighted by atomic mass is 35.5. The van der Waals surface area contributed by atoms with Gasteiger partial charge in [0.2, 0.25) is 0 Å². The minimum atomic E-state index is -0.621. The van der Waals surface area contributed by atoms with Gasteiger partial charge in [-0.15, -0.1) is 0 Å². The van der Waals surface area contributed by atoms with E-state index in [0.717, 1.165) is 25.7 Å². The van der Waals surface area contributed by atoms with E-state index in [1.807, 2.05) is 0 Å². The number of halogens is 2. The Morgan fingerprint density at radius 1 is 1.60 bits per heavy atom. The van der Waals surface area contributed by atoms with Crippen LogP contribution >= 0.6 is 11.6 Å². The van der Waals surface area contributed by atoms with Gasteiger partial charge >= 0.3 is 0 Å². The van der Waals surface area contributed by atoms with E-state index in [1.54, 1.807) is 0 Å². The van der Waals surface area contributed by atoms with E-state index in [0.29, 0.717) is 5.92 Å². The smallest absolute Gasteiger partial charge is 0.253 e. The molecule has 1 saturated carbocycles. The normalized spacial score (nSPS) is 26.3. The van der Waals surface area contributed by atoms with Gasteiger partial charge in [0.05, 0.1) is 22.7 Å². The molecule has 0 spiro atoms. The molecule has 0 saturated heterocycles. The van der Waals surface area contributed by atoms with Crippen molar-refractivity contribution in [3.05, 3.63) is 34.6 Å². The summed E-state index contributed by atoms with van der Waals surface area (Å²) in [7, 11) is 0. The SMILES string of the molecule is CC1CCCC(CO)(NC(=O)c2cccc(F)c2Cl)C1. The molecule has 110 valence electrons. The van der Waals surface area contributed by atoms with Crippen molar-refractivity contribution in [1.29, 1.82) is 0 Å². The summed E-state index contributed by atoms with van der Waals surface area (Å²) in [6.07, 6.45) is 3.51. The summed E-state index contributed by atoms with van der Waals surface area (Å²) < 4.78 is 13.4. The lowest BCUT2D eigenvalue weighted by atomic mass is 9.76. The molecule has 3 nitrogen and oxygen atoms in total. The predicted octanol–water partition coefficient (Wildman–Crippen LogP) is 3.15. The van der Waals surface area contributed by atoms with Gasteiger partial charge in [-0.2, -0.15) is 0 Å². The number of hydrogen-bond acceptors (Lipinski definition) is 2. The molecule has 20 heavy (non-hydrogen) atoms. The Morgan fingerprint density at radius 3 is 3.00 bits per heavy atom. The number of aliphatic hydroxyl groups excluding tert-OH is 1. The Morgan fingerprint density at radius 2 is 2.35 bits per heavy atom. The van der Waals surface area contributed by atoms with Gasteiger partial charge in [-0.25, -0.2) is 4.39 Å². The second kappa shape index (κ2) is 6.10. The average Bonchev–Trinajstić information content (AvgIpc) is 2.41. The van der Waals surface area contributed by atoms with Gasteiger partial charge in [-0.1, -0.05) is 37.4 Å². The third kappa shape index (κ3) is 3.13. The zero-order chi connectivity index (χ0) is 14.8. The number of hydrogen-bond donors (Lipinski definition) is 2. The fourth-order valence-corrected chi connectivity index (χ4v) is 3.16. The van der Waals surface area contributed by atoms with Crippen molar-refractivity contribution in [2.45, 2.75) is 38.1 Å².